The van der Waals surface area contributed by atoms with Gasteiger partial charge in [0.05, 0.1) is 65.7 Å². The minimum absolute atomic E-state index is 0.0428. The predicted octanol–water partition coefficient (Wildman–Crippen LogP) is 4.56. The van der Waals surface area contributed by atoms with E-state index in [-0.39, 0.29) is 55.4 Å². The summed E-state index contributed by atoms with van der Waals surface area (Å²) in [6.45, 7) is 20.1. The highest BCUT2D eigenvalue weighted by molar-refractivity contribution is 6.26. The van der Waals surface area contributed by atoms with Crippen LogP contribution in [0.25, 0.3) is 0 Å². The van der Waals surface area contributed by atoms with E-state index in [1.165, 1.54) is 0 Å². The maximum atomic E-state index is 14.7. The third kappa shape index (κ3) is 7.44. The third-order valence-electron chi connectivity index (χ3n) is 20.1. The molecule has 0 radical (unpaired) electrons. The first kappa shape index (κ1) is 55.0. The number of alkyl halides is 2. The van der Waals surface area contributed by atoms with Gasteiger partial charge in [-0.25, -0.2) is 4.79 Å². The fourth-order valence-corrected chi connectivity index (χ4v) is 15.8. The van der Waals surface area contributed by atoms with Gasteiger partial charge in [-0.1, -0.05) is 66.7 Å². The second-order valence-electron chi connectivity index (χ2n) is 24.1. The molecule has 72 heavy (non-hydrogen) atoms. The van der Waals surface area contributed by atoms with Crippen LogP contribution in [-0.4, -0.2) is 151 Å². The number of esters is 3. The molecule has 4 saturated carbocycles. The van der Waals surface area contributed by atoms with Crippen LogP contribution in [0.4, 0.5) is 0 Å². The molecule has 2 unspecified atom stereocenters. The standard InChI is InChI=1S/C28H36O8.C26H36Cl2O8/c1-14-16(29)12-28(34)23(36-24(33)15-9-7-6-8-10-15)21-26(4)13-35-18(26)11-17(30)27(21,5)22(32)20(31)19(14)25(28,2)3;1-12-14(29)8-26(33)13(2)21-24(5)11-34-15(24)7-16(35-17(30)9-27)25(21,6)22(32)20(36-18(31)10-28)19(12)23(26,3)4/h6-10,16-18,20-21,23,29-31,34H,11-13H2,1-5H3;13-16,20-21,29,33H,7-11H2,1-6H3/t16-,17-,18+,20+,21?,23-,26+,27+,28+;13-,14-,15+,16-,20+,21?,24+,25+,26+/m00/s1. The van der Waals surface area contributed by atoms with Crippen molar-refractivity contribution in [1.29, 1.82) is 0 Å². The number of rotatable bonds is 6. The van der Waals surface area contributed by atoms with Crippen LogP contribution in [0, 0.1) is 50.2 Å². The molecule has 18 heteroatoms. The normalized spacial score (nSPS) is 45.5. The summed E-state index contributed by atoms with van der Waals surface area (Å²) in [5.41, 5.74) is -8.07. The van der Waals surface area contributed by atoms with Crippen molar-refractivity contribution in [2.45, 2.75) is 168 Å². The maximum absolute atomic E-state index is 14.7. The summed E-state index contributed by atoms with van der Waals surface area (Å²) in [6, 6.07) is 8.38. The minimum atomic E-state index is -1.86. The van der Waals surface area contributed by atoms with Crippen molar-refractivity contribution in [3.63, 3.8) is 0 Å². The van der Waals surface area contributed by atoms with E-state index in [1.54, 1.807) is 71.9 Å². The number of halogens is 2. The van der Waals surface area contributed by atoms with Gasteiger partial charge in [0.15, 0.2) is 17.7 Å². The van der Waals surface area contributed by atoms with Crippen LogP contribution in [0.3, 0.4) is 0 Å². The second kappa shape index (κ2) is 18.2. The summed E-state index contributed by atoms with van der Waals surface area (Å²) in [5.74, 6) is -6.02. The second-order valence-corrected chi connectivity index (χ2v) is 24.6. The molecule has 0 aromatic heterocycles. The summed E-state index contributed by atoms with van der Waals surface area (Å²) in [6.07, 6.45) is -9.05. The molecule has 6 N–H and O–H groups in total. The topological polar surface area (TPSA) is 253 Å². The maximum Gasteiger partial charge on any atom is 0.338 e. The van der Waals surface area contributed by atoms with E-state index in [0.29, 0.717) is 23.3 Å². The molecule has 18 atom stereocenters. The molecule has 1 aromatic carbocycles. The van der Waals surface area contributed by atoms with Gasteiger partial charge in [-0.05, 0) is 74.0 Å². The average Bonchev–Trinajstić information content (AvgIpc) is 3.32. The van der Waals surface area contributed by atoms with Crippen molar-refractivity contribution in [3.8, 4) is 0 Å². The summed E-state index contributed by atoms with van der Waals surface area (Å²) in [5, 5.41) is 69.9. The number of ketones is 2. The van der Waals surface area contributed by atoms with Gasteiger partial charge in [-0.15, -0.1) is 23.2 Å². The quantitative estimate of drug-likeness (QED) is 0.0989. The lowest BCUT2D eigenvalue weighted by Crippen LogP contribution is -2.77. The predicted molar refractivity (Wildman–Crippen MR) is 260 cm³/mol. The van der Waals surface area contributed by atoms with Crippen molar-refractivity contribution in [1.82, 2.24) is 0 Å². The van der Waals surface area contributed by atoms with Crippen molar-refractivity contribution >= 4 is 52.7 Å². The first-order valence-electron chi connectivity index (χ1n) is 25.0. The van der Waals surface area contributed by atoms with Crippen molar-refractivity contribution in [2.75, 3.05) is 25.0 Å². The number of fused-ring (bicyclic) bond motifs is 10. The lowest BCUT2D eigenvalue weighted by molar-refractivity contribution is -0.313. The molecule has 6 aliphatic carbocycles. The number of benzene rings is 1. The Bertz CT molecular complexity index is 2470. The number of carbonyl (C=O) groups excluding carboxylic acids is 5. The van der Waals surface area contributed by atoms with Crippen LogP contribution < -0.4 is 0 Å². The fraction of sp³-hybridized carbons (Fsp3) is 0.722. The summed E-state index contributed by atoms with van der Waals surface area (Å²) in [7, 11) is 0. The van der Waals surface area contributed by atoms with Crippen LogP contribution >= 0.6 is 23.2 Å². The average molecular weight is 1050 g/mol. The zero-order valence-corrected chi connectivity index (χ0v) is 44.5. The third-order valence-corrected chi connectivity index (χ3v) is 20.5. The number of aliphatic hydroxyl groups is 6. The van der Waals surface area contributed by atoms with Crippen molar-refractivity contribution in [3.05, 3.63) is 58.2 Å². The van der Waals surface area contributed by atoms with Gasteiger partial charge in [-0.3, -0.25) is 19.2 Å². The van der Waals surface area contributed by atoms with E-state index in [1.807, 2.05) is 34.6 Å². The van der Waals surface area contributed by atoms with Crippen molar-refractivity contribution < 1.29 is 78.3 Å². The smallest absolute Gasteiger partial charge is 0.338 e. The molecule has 0 spiro atoms. The van der Waals surface area contributed by atoms with E-state index < -0.39 is 146 Å². The highest BCUT2D eigenvalue weighted by Gasteiger charge is 2.76. The Kier molecular flexibility index (Phi) is 13.9. The van der Waals surface area contributed by atoms with Crippen LogP contribution in [0.2, 0.25) is 0 Å². The molecule has 8 aliphatic rings. The Morgan fingerprint density at radius 3 is 1.71 bits per heavy atom. The molecule has 9 rings (SSSR count). The number of carbonyl (C=O) groups is 5. The van der Waals surface area contributed by atoms with E-state index in [2.05, 4.69) is 0 Å². The molecular formula is C54H72Cl2O16. The fourth-order valence-electron chi connectivity index (χ4n) is 15.7. The molecule has 398 valence electrons. The summed E-state index contributed by atoms with van der Waals surface area (Å²) in [4.78, 5) is 67.2. The van der Waals surface area contributed by atoms with Crippen LogP contribution in [-0.2, 0) is 42.9 Å². The van der Waals surface area contributed by atoms with Crippen LogP contribution in [0.5, 0.6) is 0 Å². The van der Waals surface area contributed by atoms with Gasteiger partial charge in [0, 0.05) is 53.3 Å². The number of Topliss-reactive ketones (excluding diaryl/α,β-unsaturated/α-hetero) is 2. The summed E-state index contributed by atoms with van der Waals surface area (Å²) < 4.78 is 29.4. The SMILES string of the molecule is CC1=C2[C@@H](O)C(=O)[C@@]3(C)C([C@H](OC(=O)c4ccccc4)[C@](O)(C[C@@H]1O)C2(C)C)[C@]1(C)CO[C@@H]1C[C@@H]3O.CC1=C2[C@@H](OC(=O)CCl)C(=O)[C@@]3(C)C([C@H](C)[C@](O)(C[C@@H]1O)C2(C)C)[C@]1(C)CO[C@@H]1C[C@@H]3OC(=O)CCl. The van der Waals surface area contributed by atoms with Gasteiger partial charge >= 0.3 is 17.9 Å². The van der Waals surface area contributed by atoms with Gasteiger partial charge in [0.2, 0.25) is 0 Å². The van der Waals surface area contributed by atoms with Gasteiger partial charge in [0.25, 0.3) is 0 Å². The Hall–Kier alpha value is -3.29. The van der Waals surface area contributed by atoms with Gasteiger partial charge < -0.3 is 54.3 Å². The Morgan fingerprint density at radius 2 is 1.17 bits per heavy atom. The molecule has 4 bridgehead atoms. The molecule has 16 nitrogen and oxygen atoms in total. The molecular weight excluding hydrogens is 975 g/mol. The van der Waals surface area contributed by atoms with Crippen LogP contribution in [0.15, 0.2) is 52.6 Å². The molecule has 2 aliphatic heterocycles. The van der Waals surface area contributed by atoms with E-state index in [4.69, 9.17) is 46.9 Å². The highest BCUT2D eigenvalue weighted by Crippen LogP contribution is 2.69. The number of hydrogen-bond acceptors (Lipinski definition) is 16. The van der Waals surface area contributed by atoms with E-state index >= 15 is 0 Å². The zero-order chi connectivity index (χ0) is 53.4. The zero-order valence-electron chi connectivity index (χ0n) is 43.0. The molecule has 1 aromatic rings. The number of ether oxygens (including phenoxy) is 5. The monoisotopic (exact) mass is 1050 g/mol. The lowest BCUT2D eigenvalue weighted by Gasteiger charge is -2.68. The highest BCUT2D eigenvalue weighted by atomic mass is 35.5. The minimum Gasteiger partial charge on any atom is -0.460 e. The first-order valence-corrected chi connectivity index (χ1v) is 26.1. The molecule has 2 saturated heterocycles. The molecule has 2 heterocycles. The largest absolute Gasteiger partial charge is 0.460 e. The van der Waals surface area contributed by atoms with Gasteiger partial charge in [0.1, 0.15) is 35.7 Å². The number of aliphatic hydroxyl groups excluding tert-OH is 4. The number of hydrogen-bond donors (Lipinski definition) is 6. The molecule has 0 amide bonds. The Labute approximate surface area is 430 Å². The molecule has 6 fully saturated rings. The lowest BCUT2D eigenvalue weighted by atomic mass is 9.40. The Balaban J connectivity index is 0.000000193. The van der Waals surface area contributed by atoms with Crippen LogP contribution in [0.1, 0.15) is 112 Å². The van der Waals surface area contributed by atoms with Gasteiger partial charge in [-0.2, -0.15) is 0 Å². The first-order chi connectivity index (χ1) is 33.3. The Morgan fingerprint density at radius 1 is 0.667 bits per heavy atom. The summed E-state index contributed by atoms with van der Waals surface area (Å²) >= 11 is 11.5. The van der Waals surface area contributed by atoms with E-state index in [0.717, 1.165) is 0 Å². The van der Waals surface area contributed by atoms with E-state index in [9.17, 15) is 54.6 Å². The van der Waals surface area contributed by atoms with Crippen molar-refractivity contribution in [2.24, 2.45) is 50.2 Å².